The molecule has 0 aliphatic carbocycles. The van der Waals surface area contributed by atoms with Gasteiger partial charge in [-0.1, -0.05) is 23.2 Å². The van der Waals surface area contributed by atoms with Gasteiger partial charge in [0.25, 0.3) is 10.0 Å². The van der Waals surface area contributed by atoms with Gasteiger partial charge in [-0.3, -0.25) is 4.72 Å². The molecule has 0 amide bonds. The molecular formula is C12H9Cl2IN2O2S. The quantitative estimate of drug-likeness (QED) is 0.557. The number of anilines is 2. The molecule has 8 heteroatoms. The number of rotatable bonds is 3. The van der Waals surface area contributed by atoms with E-state index in [1.54, 1.807) is 24.3 Å². The van der Waals surface area contributed by atoms with Crippen molar-refractivity contribution < 1.29 is 8.42 Å². The third-order valence-electron chi connectivity index (χ3n) is 2.40. The van der Waals surface area contributed by atoms with Crippen LogP contribution in [-0.4, -0.2) is 8.42 Å². The molecular weight excluding hydrogens is 434 g/mol. The van der Waals surface area contributed by atoms with Gasteiger partial charge >= 0.3 is 0 Å². The van der Waals surface area contributed by atoms with E-state index < -0.39 is 10.0 Å². The summed E-state index contributed by atoms with van der Waals surface area (Å²) < 4.78 is 28.1. The number of nitrogens with two attached hydrogens (primary N) is 1. The monoisotopic (exact) mass is 442 g/mol. The normalized spacial score (nSPS) is 11.3. The number of benzene rings is 2. The largest absolute Gasteiger partial charge is 0.398 e. The molecule has 0 heterocycles. The summed E-state index contributed by atoms with van der Waals surface area (Å²) in [7, 11) is -3.87. The van der Waals surface area contributed by atoms with E-state index in [4.69, 9.17) is 28.9 Å². The van der Waals surface area contributed by atoms with Gasteiger partial charge in [-0.15, -0.1) is 0 Å². The Hall–Kier alpha value is -0.700. The first kappa shape index (κ1) is 15.7. The van der Waals surface area contributed by atoms with Crippen LogP contribution in [-0.2, 0) is 10.0 Å². The molecule has 0 bridgehead atoms. The van der Waals surface area contributed by atoms with E-state index in [-0.39, 0.29) is 20.6 Å². The lowest BCUT2D eigenvalue weighted by Gasteiger charge is -2.12. The van der Waals surface area contributed by atoms with Crippen molar-refractivity contribution in [3.63, 3.8) is 0 Å². The van der Waals surface area contributed by atoms with E-state index in [2.05, 4.69) is 27.3 Å². The van der Waals surface area contributed by atoms with Gasteiger partial charge in [0.15, 0.2) is 0 Å². The highest BCUT2D eigenvalue weighted by Crippen LogP contribution is 2.32. The van der Waals surface area contributed by atoms with E-state index in [1.165, 1.54) is 12.1 Å². The highest BCUT2D eigenvalue weighted by molar-refractivity contribution is 14.1. The van der Waals surface area contributed by atoms with Crippen LogP contribution in [0.4, 0.5) is 11.4 Å². The minimum absolute atomic E-state index is 0.000474. The van der Waals surface area contributed by atoms with E-state index >= 15 is 0 Å². The van der Waals surface area contributed by atoms with Crippen molar-refractivity contribution in [1.82, 2.24) is 0 Å². The first-order valence-corrected chi connectivity index (χ1v) is 8.64. The molecule has 2 aromatic rings. The second-order valence-electron chi connectivity index (χ2n) is 3.92. The van der Waals surface area contributed by atoms with E-state index in [9.17, 15) is 8.42 Å². The molecule has 0 aromatic heterocycles. The molecule has 0 saturated carbocycles. The molecule has 0 aliphatic rings. The van der Waals surface area contributed by atoms with Crippen molar-refractivity contribution in [3.8, 4) is 0 Å². The molecule has 0 atom stereocenters. The Labute approximate surface area is 140 Å². The lowest BCUT2D eigenvalue weighted by atomic mass is 10.3. The fourth-order valence-corrected chi connectivity index (χ4v) is 3.99. The predicted octanol–water partition coefficient (Wildman–Crippen LogP) is 3.98. The van der Waals surface area contributed by atoms with Crippen LogP contribution in [0.2, 0.25) is 10.0 Å². The number of hydrogen-bond acceptors (Lipinski definition) is 3. The Morgan fingerprint density at radius 1 is 1.10 bits per heavy atom. The molecule has 0 radical (unpaired) electrons. The molecule has 2 aromatic carbocycles. The molecule has 0 saturated heterocycles. The second-order valence-corrected chi connectivity index (χ2v) is 7.63. The molecule has 0 unspecified atom stereocenters. The minimum atomic E-state index is -3.87. The van der Waals surface area contributed by atoms with Crippen molar-refractivity contribution in [2.75, 3.05) is 10.5 Å². The van der Waals surface area contributed by atoms with Crippen LogP contribution in [0.25, 0.3) is 0 Å². The van der Waals surface area contributed by atoms with Crippen LogP contribution in [0.3, 0.4) is 0 Å². The summed E-state index contributed by atoms with van der Waals surface area (Å²) in [6.45, 7) is 0. The summed E-state index contributed by atoms with van der Waals surface area (Å²) in [5, 5.41) is 0.258. The topological polar surface area (TPSA) is 72.2 Å². The fourth-order valence-electron chi connectivity index (χ4n) is 1.59. The van der Waals surface area contributed by atoms with Gasteiger partial charge in [0, 0.05) is 14.3 Å². The van der Waals surface area contributed by atoms with Crippen LogP contribution >= 0.6 is 45.8 Å². The van der Waals surface area contributed by atoms with Crippen LogP contribution in [0.5, 0.6) is 0 Å². The van der Waals surface area contributed by atoms with Gasteiger partial charge in [-0.05, 0) is 59.0 Å². The Morgan fingerprint density at radius 2 is 1.70 bits per heavy atom. The summed E-state index contributed by atoms with van der Waals surface area (Å²) in [6, 6.07) is 9.55. The molecule has 4 nitrogen and oxygen atoms in total. The third kappa shape index (κ3) is 3.49. The smallest absolute Gasteiger partial charge is 0.265 e. The first-order chi connectivity index (χ1) is 9.29. The maximum atomic E-state index is 12.3. The highest BCUT2D eigenvalue weighted by Gasteiger charge is 2.22. The Balaban J connectivity index is 2.43. The van der Waals surface area contributed by atoms with Crippen molar-refractivity contribution in [2.24, 2.45) is 0 Å². The van der Waals surface area contributed by atoms with Gasteiger partial charge in [-0.25, -0.2) is 8.42 Å². The Kier molecular flexibility index (Phi) is 4.68. The molecule has 0 fully saturated rings. The maximum absolute atomic E-state index is 12.3. The summed E-state index contributed by atoms with van der Waals surface area (Å²) in [6.07, 6.45) is 0. The number of hydrogen-bond donors (Lipinski definition) is 2. The zero-order chi connectivity index (χ0) is 14.9. The molecule has 2 rings (SSSR count). The van der Waals surface area contributed by atoms with E-state index in [1.807, 2.05) is 0 Å². The number of halogens is 3. The van der Waals surface area contributed by atoms with Gasteiger partial charge in [0.1, 0.15) is 4.90 Å². The second kappa shape index (κ2) is 5.97. The summed E-state index contributed by atoms with van der Waals surface area (Å²) in [4.78, 5) is -0.179. The number of nitrogens with one attached hydrogen (secondary N) is 1. The van der Waals surface area contributed by atoms with Crippen molar-refractivity contribution in [2.45, 2.75) is 4.90 Å². The van der Waals surface area contributed by atoms with Crippen molar-refractivity contribution in [3.05, 3.63) is 50.0 Å². The van der Waals surface area contributed by atoms with Gasteiger partial charge in [0.05, 0.1) is 10.7 Å². The molecule has 0 spiro atoms. The summed E-state index contributed by atoms with van der Waals surface area (Å²) >= 11 is 13.8. The average Bonchev–Trinajstić information content (AvgIpc) is 2.30. The van der Waals surface area contributed by atoms with Crippen LogP contribution in [0.15, 0.2) is 41.3 Å². The number of sulfonamides is 1. The standard InChI is InChI=1S/C12H9Cl2IN2O2S/c13-7-5-10(14)12(11(16)6-7)20(18,19)17-9-3-1-8(15)2-4-9/h1-6,17H,16H2. The van der Waals surface area contributed by atoms with Crippen LogP contribution in [0, 0.1) is 3.57 Å². The lowest BCUT2D eigenvalue weighted by Crippen LogP contribution is -2.15. The van der Waals surface area contributed by atoms with Gasteiger partial charge in [-0.2, -0.15) is 0 Å². The highest BCUT2D eigenvalue weighted by atomic mass is 127. The van der Waals surface area contributed by atoms with E-state index in [0.717, 1.165) is 3.57 Å². The molecule has 20 heavy (non-hydrogen) atoms. The van der Waals surface area contributed by atoms with Gasteiger partial charge < -0.3 is 5.73 Å². The van der Waals surface area contributed by atoms with Crippen molar-refractivity contribution >= 4 is 67.2 Å². The third-order valence-corrected chi connectivity index (χ3v) is 5.25. The predicted molar refractivity (Wildman–Crippen MR) is 90.8 cm³/mol. The summed E-state index contributed by atoms with van der Waals surface area (Å²) in [5.41, 5.74) is 6.12. The maximum Gasteiger partial charge on any atom is 0.265 e. The minimum Gasteiger partial charge on any atom is -0.398 e. The Bertz CT molecular complexity index is 726. The van der Waals surface area contributed by atoms with E-state index in [0.29, 0.717) is 5.69 Å². The first-order valence-electron chi connectivity index (χ1n) is 5.32. The molecule has 3 N–H and O–H groups in total. The van der Waals surface area contributed by atoms with Gasteiger partial charge in [0.2, 0.25) is 0 Å². The molecule has 0 aliphatic heterocycles. The number of nitrogen functional groups attached to an aromatic ring is 1. The van der Waals surface area contributed by atoms with Crippen LogP contribution in [0.1, 0.15) is 0 Å². The zero-order valence-electron chi connectivity index (χ0n) is 9.90. The zero-order valence-corrected chi connectivity index (χ0v) is 14.4. The lowest BCUT2D eigenvalue weighted by molar-refractivity contribution is 0.601. The van der Waals surface area contributed by atoms with Crippen LogP contribution < -0.4 is 10.5 Å². The fraction of sp³-hybridized carbons (Fsp3) is 0. The summed E-state index contributed by atoms with van der Waals surface area (Å²) in [5.74, 6) is 0. The van der Waals surface area contributed by atoms with Crippen molar-refractivity contribution in [1.29, 1.82) is 0 Å². The SMILES string of the molecule is Nc1cc(Cl)cc(Cl)c1S(=O)(=O)Nc1ccc(I)cc1. The Morgan fingerprint density at radius 3 is 2.25 bits per heavy atom. The average molecular weight is 443 g/mol. The molecule has 106 valence electrons.